The molecule has 1 atom stereocenters. The summed E-state index contributed by atoms with van der Waals surface area (Å²) in [4.78, 5) is 0. The van der Waals surface area contributed by atoms with Crippen LogP contribution in [0.1, 0.15) is 12.5 Å². The van der Waals surface area contributed by atoms with Gasteiger partial charge in [0.2, 0.25) is 0 Å². The average molecular weight is 307 g/mol. The normalized spacial score (nSPS) is 12.6. The van der Waals surface area contributed by atoms with Crippen LogP contribution in [-0.2, 0) is 4.74 Å². The van der Waals surface area contributed by atoms with E-state index in [4.69, 9.17) is 16.3 Å². The molecule has 1 aromatic carbocycles. The second-order valence-electron chi connectivity index (χ2n) is 4.02. The topological polar surface area (TPSA) is 21.3 Å². The second kappa shape index (κ2) is 6.48. The third-order valence-electron chi connectivity index (χ3n) is 2.34. The lowest BCUT2D eigenvalue weighted by Gasteiger charge is -2.14. The third kappa shape index (κ3) is 3.96. The van der Waals surface area contributed by atoms with Crippen LogP contribution in [0.3, 0.4) is 0 Å². The summed E-state index contributed by atoms with van der Waals surface area (Å²) in [6.45, 7) is 5.75. The van der Waals surface area contributed by atoms with Gasteiger partial charge < -0.3 is 10.1 Å². The Morgan fingerprint density at radius 3 is 2.81 bits per heavy atom. The maximum Gasteiger partial charge on any atom is 0.0504 e. The van der Waals surface area contributed by atoms with Gasteiger partial charge in [-0.15, -0.1) is 0 Å². The Morgan fingerprint density at radius 2 is 2.19 bits per heavy atom. The fourth-order valence-corrected chi connectivity index (χ4v) is 2.17. The molecule has 2 nitrogen and oxygen atoms in total. The van der Waals surface area contributed by atoms with Crippen LogP contribution in [0.5, 0.6) is 0 Å². The molecule has 0 amide bonds. The fraction of sp³-hybridized carbons (Fsp3) is 0.500. The molecule has 0 aliphatic rings. The molecule has 4 heteroatoms. The summed E-state index contributed by atoms with van der Waals surface area (Å²) in [5.74, 6) is 0.469. The molecule has 16 heavy (non-hydrogen) atoms. The van der Waals surface area contributed by atoms with E-state index in [0.717, 1.165) is 33.9 Å². The Bertz CT molecular complexity index is 357. The Hall–Kier alpha value is -0.250. The zero-order valence-electron chi connectivity index (χ0n) is 9.81. The predicted molar refractivity (Wildman–Crippen MR) is 73.4 cm³/mol. The number of anilines is 1. The van der Waals surface area contributed by atoms with Crippen molar-refractivity contribution in [2.24, 2.45) is 5.92 Å². The van der Waals surface area contributed by atoms with E-state index >= 15 is 0 Å². The Morgan fingerprint density at radius 1 is 1.50 bits per heavy atom. The summed E-state index contributed by atoms with van der Waals surface area (Å²) in [5, 5.41) is 4.14. The number of rotatable bonds is 5. The van der Waals surface area contributed by atoms with Crippen molar-refractivity contribution in [1.29, 1.82) is 0 Å². The average Bonchev–Trinajstić information content (AvgIpc) is 2.22. The molecular formula is C12H17BrClNO. The number of hydrogen-bond donors (Lipinski definition) is 1. The van der Waals surface area contributed by atoms with E-state index in [0.29, 0.717) is 5.92 Å². The number of hydrogen-bond acceptors (Lipinski definition) is 2. The van der Waals surface area contributed by atoms with Crippen molar-refractivity contribution in [3.05, 3.63) is 27.2 Å². The molecule has 0 aliphatic carbocycles. The van der Waals surface area contributed by atoms with Gasteiger partial charge in [-0.05, 0) is 46.5 Å². The molecule has 0 aliphatic heterocycles. The molecule has 1 rings (SSSR count). The molecule has 0 heterocycles. The van der Waals surface area contributed by atoms with Crippen molar-refractivity contribution in [2.75, 3.05) is 25.6 Å². The first-order valence-electron chi connectivity index (χ1n) is 5.23. The first-order chi connectivity index (χ1) is 7.54. The maximum atomic E-state index is 6.08. The molecule has 0 saturated heterocycles. The van der Waals surface area contributed by atoms with Gasteiger partial charge in [0.15, 0.2) is 0 Å². The molecule has 90 valence electrons. The molecule has 1 N–H and O–H groups in total. The van der Waals surface area contributed by atoms with Crippen LogP contribution in [0.15, 0.2) is 16.6 Å². The molecule has 1 aromatic rings. The summed E-state index contributed by atoms with van der Waals surface area (Å²) >= 11 is 9.59. The highest BCUT2D eigenvalue weighted by Crippen LogP contribution is 2.29. The van der Waals surface area contributed by atoms with Gasteiger partial charge in [-0.1, -0.05) is 18.5 Å². The molecule has 0 fully saturated rings. The molecule has 0 saturated carbocycles. The van der Waals surface area contributed by atoms with E-state index in [2.05, 4.69) is 28.2 Å². The summed E-state index contributed by atoms with van der Waals surface area (Å²) in [7, 11) is 1.72. The first kappa shape index (κ1) is 13.8. The van der Waals surface area contributed by atoms with E-state index in [-0.39, 0.29) is 0 Å². The highest BCUT2D eigenvalue weighted by atomic mass is 79.9. The molecule has 0 aromatic heterocycles. The number of ether oxygens (including phenoxy) is 1. The van der Waals surface area contributed by atoms with Crippen molar-refractivity contribution in [3.8, 4) is 0 Å². The van der Waals surface area contributed by atoms with Crippen LogP contribution in [0, 0.1) is 12.8 Å². The fourth-order valence-electron chi connectivity index (χ4n) is 1.41. The lowest BCUT2D eigenvalue weighted by molar-refractivity contribution is 0.164. The second-order valence-corrected chi connectivity index (χ2v) is 5.28. The zero-order chi connectivity index (χ0) is 12.1. The van der Waals surface area contributed by atoms with Gasteiger partial charge in [0.05, 0.1) is 6.61 Å². The number of methoxy groups -OCH3 is 1. The van der Waals surface area contributed by atoms with Crippen LogP contribution in [0.25, 0.3) is 0 Å². The molecular weight excluding hydrogens is 289 g/mol. The maximum absolute atomic E-state index is 6.08. The minimum atomic E-state index is 0.469. The van der Waals surface area contributed by atoms with E-state index in [1.165, 1.54) is 0 Å². The van der Waals surface area contributed by atoms with Crippen molar-refractivity contribution in [3.63, 3.8) is 0 Å². The Labute approximate surface area is 110 Å². The van der Waals surface area contributed by atoms with Crippen LogP contribution >= 0.6 is 27.5 Å². The monoisotopic (exact) mass is 305 g/mol. The van der Waals surface area contributed by atoms with Gasteiger partial charge in [0.1, 0.15) is 0 Å². The van der Waals surface area contributed by atoms with Crippen molar-refractivity contribution in [1.82, 2.24) is 0 Å². The SMILES string of the molecule is COCC(C)CNc1cc(Cl)c(C)cc1Br. The van der Waals surface area contributed by atoms with Crippen molar-refractivity contribution >= 4 is 33.2 Å². The summed E-state index contributed by atoms with van der Waals surface area (Å²) < 4.78 is 6.13. The van der Waals surface area contributed by atoms with E-state index in [1.807, 2.05) is 19.1 Å². The molecule has 0 radical (unpaired) electrons. The van der Waals surface area contributed by atoms with Crippen molar-refractivity contribution in [2.45, 2.75) is 13.8 Å². The van der Waals surface area contributed by atoms with Gasteiger partial charge in [-0.2, -0.15) is 0 Å². The molecule has 1 unspecified atom stereocenters. The van der Waals surface area contributed by atoms with E-state index < -0.39 is 0 Å². The number of nitrogens with one attached hydrogen (secondary N) is 1. The van der Waals surface area contributed by atoms with E-state index in [9.17, 15) is 0 Å². The van der Waals surface area contributed by atoms with Gasteiger partial charge in [0.25, 0.3) is 0 Å². The smallest absolute Gasteiger partial charge is 0.0504 e. The molecule has 0 spiro atoms. The number of halogens is 2. The minimum Gasteiger partial charge on any atom is -0.384 e. The number of benzene rings is 1. The highest BCUT2D eigenvalue weighted by molar-refractivity contribution is 9.10. The lowest BCUT2D eigenvalue weighted by atomic mass is 10.2. The first-order valence-corrected chi connectivity index (χ1v) is 6.40. The summed E-state index contributed by atoms with van der Waals surface area (Å²) in [6, 6.07) is 3.96. The standard InChI is InChI=1S/C12H17BrClNO/c1-8(7-16-3)6-15-12-5-11(14)9(2)4-10(12)13/h4-5,8,15H,6-7H2,1-3H3. The van der Waals surface area contributed by atoms with Gasteiger partial charge in [-0.25, -0.2) is 0 Å². The zero-order valence-corrected chi connectivity index (χ0v) is 12.2. The van der Waals surface area contributed by atoms with Crippen molar-refractivity contribution < 1.29 is 4.74 Å². The minimum absolute atomic E-state index is 0.469. The number of aryl methyl sites for hydroxylation is 1. The van der Waals surface area contributed by atoms with E-state index in [1.54, 1.807) is 7.11 Å². The van der Waals surface area contributed by atoms with Gasteiger partial charge in [0, 0.05) is 28.8 Å². The highest BCUT2D eigenvalue weighted by Gasteiger charge is 2.06. The predicted octanol–water partition coefficient (Wildman–Crippen LogP) is 4.11. The summed E-state index contributed by atoms with van der Waals surface area (Å²) in [6.07, 6.45) is 0. The van der Waals surface area contributed by atoms with Gasteiger partial charge >= 0.3 is 0 Å². The quantitative estimate of drug-likeness (QED) is 0.884. The van der Waals surface area contributed by atoms with Crippen LogP contribution in [0.2, 0.25) is 5.02 Å². The van der Waals surface area contributed by atoms with Crippen LogP contribution in [0.4, 0.5) is 5.69 Å². The Balaban J connectivity index is 2.63. The van der Waals surface area contributed by atoms with Crippen LogP contribution in [-0.4, -0.2) is 20.3 Å². The third-order valence-corrected chi connectivity index (χ3v) is 3.40. The molecule has 0 bridgehead atoms. The lowest BCUT2D eigenvalue weighted by Crippen LogP contribution is -2.16. The summed E-state index contributed by atoms with van der Waals surface area (Å²) in [5.41, 5.74) is 2.10. The van der Waals surface area contributed by atoms with Crippen LogP contribution < -0.4 is 5.32 Å². The Kier molecular flexibility index (Phi) is 5.59. The largest absolute Gasteiger partial charge is 0.384 e. The van der Waals surface area contributed by atoms with Gasteiger partial charge in [-0.3, -0.25) is 0 Å².